The third kappa shape index (κ3) is 7.34. The first-order chi connectivity index (χ1) is 12.9. The molecule has 28 heavy (non-hydrogen) atoms. The van der Waals surface area contributed by atoms with Crippen LogP contribution in [0.5, 0.6) is 11.5 Å². The van der Waals surface area contributed by atoms with Crippen molar-refractivity contribution in [3.05, 3.63) is 23.8 Å². The Hall–Kier alpha value is -1.75. The lowest BCUT2D eigenvalue weighted by molar-refractivity contribution is -0.123. The molecule has 1 aliphatic heterocycles. The highest BCUT2D eigenvalue weighted by Gasteiger charge is 2.21. The summed E-state index contributed by atoms with van der Waals surface area (Å²) in [5.74, 6) is 1.77. The second kappa shape index (κ2) is 11.9. The van der Waals surface area contributed by atoms with Gasteiger partial charge in [0.1, 0.15) is 11.5 Å². The Morgan fingerprint density at radius 1 is 1.29 bits per heavy atom. The Bertz CT molecular complexity index is 661. The Labute approximate surface area is 184 Å². The van der Waals surface area contributed by atoms with Crippen molar-refractivity contribution in [1.82, 2.24) is 20.4 Å². The number of phenolic OH excluding ortho intramolecular Hbond substituents is 1. The van der Waals surface area contributed by atoms with Gasteiger partial charge in [0, 0.05) is 51.4 Å². The van der Waals surface area contributed by atoms with Crippen LogP contribution in [0.4, 0.5) is 0 Å². The highest BCUT2D eigenvalue weighted by atomic mass is 127. The molecule has 8 nitrogen and oxygen atoms in total. The maximum atomic E-state index is 11.9. The molecule has 1 aromatic rings. The van der Waals surface area contributed by atoms with E-state index >= 15 is 0 Å². The number of methoxy groups -OCH3 is 1. The number of guanidine groups is 1. The van der Waals surface area contributed by atoms with Gasteiger partial charge < -0.3 is 25.4 Å². The number of amides is 1. The Morgan fingerprint density at radius 2 is 1.96 bits per heavy atom. The smallest absolute Gasteiger partial charge is 0.234 e. The van der Waals surface area contributed by atoms with Crippen LogP contribution in [0.2, 0.25) is 0 Å². The SMILES string of the molecule is CN=C(NCc1cc(OC)ccc1O)N1CCN(CC(=O)NC(C)C)CC1.I. The Balaban J connectivity index is 0.00000392. The van der Waals surface area contributed by atoms with Crippen molar-refractivity contribution in [2.75, 3.05) is 46.9 Å². The molecule has 1 saturated heterocycles. The first kappa shape index (κ1) is 24.3. The third-order valence-electron chi connectivity index (χ3n) is 4.42. The predicted molar refractivity (Wildman–Crippen MR) is 122 cm³/mol. The molecule has 9 heteroatoms. The van der Waals surface area contributed by atoms with E-state index in [1.165, 1.54) is 0 Å². The van der Waals surface area contributed by atoms with E-state index in [0.29, 0.717) is 18.8 Å². The minimum Gasteiger partial charge on any atom is -0.508 e. The van der Waals surface area contributed by atoms with Crippen LogP contribution >= 0.6 is 24.0 Å². The van der Waals surface area contributed by atoms with Gasteiger partial charge in [0.25, 0.3) is 0 Å². The van der Waals surface area contributed by atoms with Gasteiger partial charge in [-0.25, -0.2) is 0 Å². The van der Waals surface area contributed by atoms with E-state index in [0.717, 1.165) is 37.7 Å². The average molecular weight is 505 g/mol. The van der Waals surface area contributed by atoms with Gasteiger partial charge in [0.15, 0.2) is 5.96 Å². The number of aliphatic imine (C=N–C) groups is 1. The van der Waals surface area contributed by atoms with E-state index in [4.69, 9.17) is 4.74 Å². The fraction of sp³-hybridized carbons (Fsp3) is 0.579. The minimum atomic E-state index is 0. The zero-order valence-corrected chi connectivity index (χ0v) is 19.4. The Kier molecular flexibility index (Phi) is 10.4. The summed E-state index contributed by atoms with van der Waals surface area (Å²) in [5.41, 5.74) is 0.750. The van der Waals surface area contributed by atoms with Gasteiger partial charge in [-0.1, -0.05) is 0 Å². The molecule has 2 rings (SSSR count). The molecule has 158 valence electrons. The van der Waals surface area contributed by atoms with Crippen LogP contribution in [0, 0.1) is 0 Å². The fourth-order valence-electron chi connectivity index (χ4n) is 3.03. The highest BCUT2D eigenvalue weighted by Crippen LogP contribution is 2.22. The number of nitrogens with zero attached hydrogens (tertiary/aromatic N) is 3. The summed E-state index contributed by atoms with van der Waals surface area (Å²) < 4.78 is 5.21. The van der Waals surface area contributed by atoms with Crippen LogP contribution in [-0.4, -0.2) is 79.7 Å². The van der Waals surface area contributed by atoms with Crippen LogP contribution in [0.3, 0.4) is 0 Å². The molecule has 0 bridgehead atoms. The number of aromatic hydroxyl groups is 1. The zero-order chi connectivity index (χ0) is 19.8. The van der Waals surface area contributed by atoms with Crippen LogP contribution in [-0.2, 0) is 11.3 Å². The molecule has 0 aromatic heterocycles. The van der Waals surface area contributed by atoms with E-state index in [-0.39, 0.29) is 41.7 Å². The first-order valence-electron chi connectivity index (χ1n) is 9.26. The van der Waals surface area contributed by atoms with Gasteiger partial charge in [-0.2, -0.15) is 0 Å². The van der Waals surface area contributed by atoms with Crippen LogP contribution in [0.25, 0.3) is 0 Å². The summed E-state index contributed by atoms with van der Waals surface area (Å²) in [7, 11) is 3.35. The van der Waals surface area contributed by atoms with Gasteiger partial charge in [0.05, 0.1) is 13.7 Å². The van der Waals surface area contributed by atoms with Crippen molar-refractivity contribution in [2.24, 2.45) is 4.99 Å². The number of ether oxygens (including phenoxy) is 1. The van der Waals surface area contributed by atoms with Crippen molar-refractivity contribution < 1.29 is 14.6 Å². The minimum absolute atomic E-state index is 0. The van der Waals surface area contributed by atoms with Crippen molar-refractivity contribution >= 4 is 35.8 Å². The third-order valence-corrected chi connectivity index (χ3v) is 4.42. The van der Waals surface area contributed by atoms with E-state index in [1.54, 1.807) is 32.4 Å². The molecule has 1 aromatic carbocycles. The second-order valence-corrected chi connectivity index (χ2v) is 6.88. The van der Waals surface area contributed by atoms with Gasteiger partial charge in [-0.15, -0.1) is 24.0 Å². The quantitative estimate of drug-likeness (QED) is 0.306. The molecule has 0 saturated carbocycles. The first-order valence-corrected chi connectivity index (χ1v) is 9.26. The van der Waals surface area contributed by atoms with Crippen molar-refractivity contribution in [1.29, 1.82) is 0 Å². The second-order valence-electron chi connectivity index (χ2n) is 6.88. The van der Waals surface area contributed by atoms with Crippen LogP contribution in [0.15, 0.2) is 23.2 Å². The zero-order valence-electron chi connectivity index (χ0n) is 17.1. The molecule has 0 atom stereocenters. The summed E-state index contributed by atoms with van der Waals surface area (Å²) in [5, 5.41) is 16.2. The molecule has 0 spiro atoms. The van der Waals surface area contributed by atoms with Crippen molar-refractivity contribution in [3.63, 3.8) is 0 Å². The summed E-state index contributed by atoms with van der Waals surface area (Å²) in [4.78, 5) is 20.6. The molecule has 3 N–H and O–H groups in total. The standard InChI is InChI=1S/C19H31N5O3.HI/c1-14(2)22-18(26)13-23-7-9-24(10-8-23)19(20-3)21-12-15-11-16(27-4)5-6-17(15)25;/h5-6,11,14,25H,7-10,12-13H2,1-4H3,(H,20,21)(H,22,26);1H. The summed E-state index contributed by atoms with van der Waals surface area (Å²) in [6.45, 7) is 7.99. The highest BCUT2D eigenvalue weighted by molar-refractivity contribution is 14.0. The monoisotopic (exact) mass is 505 g/mol. The number of hydrogen-bond donors (Lipinski definition) is 3. The van der Waals surface area contributed by atoms with Gasteiger partial charge >= 0.3 is 0 Å². The topological polar surface area (TPSA) is 89.4 Å². The molecular weight excluding hydrogens is 473 g/mol. The summed E-state index contributed by atoms with van der Waals surface area (Å²) in [6, 6.07) is 5.32. The lowest BCUT2D eigenvalue weighted by Gasteiger charge is -2.36. The number of carbonyl (C=O) groups excluding carboxylic acids is 1. The summed E-state index contributed by atoms with van der Waals surface area (Å²) >= 11 is 0. The van der Waals surface area contributed by atoms with E-state index in [1.807, 2.05) is 13.8 Å². The largest absolute Gasteiger partial charge is 0.508 e. The fourth-order valence-corrected chi connectivity index (χ4v) is 3.03. The molecule has 1 aliphatic rings. The van der Waals surface area contributed by atoms with Crippen LogP contribution in [0.1, 0.15) is 19.4 Å². The normalized spacial score (nSPS) is 15.2. The number of benzene rings is 1. The molecule has 1 heterocycles. The van der Waals surface area contributed by atoms with Gasteiger partial charge in [-0.05, 0) is 32.0 Å². The van der Waals surface area contributed by atoms with E-state index in [2.05, 4.69) is 25.4 Å². The summed E-state index contributed by atoms with van der Waals surface area (Å²) in [6.07, 6.45) is 0. The molecule has 0 unspecified atom stereocenters. The number of rotatable bonds is 6. The van der Waals surface area contributed by atoms with E-state index < -0.39 is 0 Å². The maximum absolute atomic E-state index is 11.9. The number of piperazine rings is 1. The number of hydrogen-bond acceptors (Lipinski definition) is 5. The molecular formula is C19H32IN5O3. The Morgan fingerprint density at radius 3 is 2.54 bits per heavy atom. The number of carbonyl (C=O) groups is 1. The predicted octanol–water partition coefficient (Wildman–Crippen LogP) is 1.24. The average Bonchev–Trinajstić information content (AvgIpc) is 2.64. The maximum Gasteiger partial charge on any atom is 0.234 e. The number of phenols is 1. The van der Waals surface area contributed by atoms with Gasteiger partial charge in [-0.3, -0.25) is 14.7 Å². The number of halogens is 1. The molecule has 1 amide bonds. The lowest BCUT2D eigenvalue weighted by atomic mass is 10.2. The molecule has 0 aliphatic carbocycles. The van der Waals surface area contributed by atoms with Crippen LogP contribution < -0.4 is 15.4 Å². The van der Waals surface area contributed by atoms with Crippen molar-refractivity contribution in [2.45, 2.75) is 26.4 Å². The molecule has 0 radical (unpaired) electrons. The van der Waals surface area contributed by atoms with Crippen molar-refractivity contribution in [3.8, 4) is 11.5 Å². The molecule has 1 fully saturated rings. The lowest BCUT2D eigenvalue weighted by Crippen LogP contribution is -2.54. The number of nitrogens with one attached hydrogen (secondary N) is 2. The van der Waals surface area contributed by atoms with Gasteiger partial charge in [0.2, 0.25) is 5.91 Å². The van der Waals surface area contributed by atoms with E-state index in [9.17, 15) is 9.90 Å².